The standard InChI is InChI=1S/C71H131NO13/c1-3-5-7-9-11-13-15-17-19-21-23-25-26-27-28-29-30-31-32-33-34-35-37-39-41-43-45-47-49-51-53-55-63(76)72-59(60(75)54-52-50-48-46-44-42-40-38-36-24-22-20-18-16-14-12-10-8-6-4-2)58-82-70-68(81)66(79)69(62(57-74)84-70)85-71-67(80)65(78)64(77)61(56-73)83-71/h21,23,36,38,44,46,52,54,59-62,64-71,73-75,77-81H,3-20,22,24-35,37,39-43,45,47-51,53,55-58H2,1-2H3,(H,72,76)/b23-21-,38-36+,46-44+,54-52+. The van der Waals surface area contributed by atoms with Crippen molar-refractivity contribution in [3.63, 3.8) is 0 Å². The van der Waals surface area contributed by atoms with E-state index in [-0.39, 0.29) is 18.9 Å². The van der Waals surface area contributed by atoms with Crippen LogP contribution < -0.4 is 5.32 Å². The smallest absolute Gasteiger partial charge is 0.220 e. The first-order valence-electron chi connectivity index (χ1n) is 35.4. The van der Waals surface area contributed by atoms with Crippen molar-refractivity contribution in [2.45, 2.75) is 376 Å². The summed E-state index contributed by atoms with van der Waals surface area (Å²) >= 11 is 0. The molecule has 2 fully saturated rings. The normalized spacial score (nSPS) is 23.8. The predicted molar refractivity (Wildman–Crippen MR) is 346 cm³/mol. The fourth-order valence-electron chi connectivity index (χ4n) is 11.6. The van der Waals surface area contributed by atoms with Gasteiger partial charge in [0.25, 0.3) is 0 Å². The Kier molecular flexibility index (Phi) is 52.1. The number of carbonyl (C=O) groups is 1. The Labute approximate surface area is 518 Å². The lowest BCUT2D eigenvalue weighted by atomic mass is 9.97. The molecule has 0 aliphatic carbocycles. The Morgan fingerprint density at radius 2 is 0.753 bits per heavy atom. The zero-order valence-electron chi connectivity index (χ0n) is 54.1. The van der Waals surface area contributed by atoms with Gasteiger partial charge in [0.05, 0.1) is 32.0 Å². The molecule has 14 heteroatoms. The number of hydrogen-bond donors (Lipinski definition) is 9. The Morgan fingerprint density at radius 3 is 1.15 bits per heavy atom. The van der Waals surface area contributed by atoms with E-state index in [4.69, 9.17) is 18.9 Å². The molecule has 2 aliphatic heterocycles. The Bertz CT molecular complexity index is 1610. The van der Waals surface area contributed by atoms with Crippen LogP contribution in [0.15, 0.2) is 48.6 Å². The summed E-state index contributed by atoms with van der Waals surface area (Å²) in [6, 6.07) is -0.938. The van der Waals surface area contributed by atoms with Gasteiger partial charge in [-0.1, -0.05) is 274 Å². The number of rotatable bonds is 58. The van der Waals surface area contributed by atoms with Gasteiger partial charge in [-0.2, -0.15) is 0 Å². The highest BCUT2D eigenvalue weighted by Gasteiger charge is 2.51. The van der Waals surface area contributed by atoms with Crippen molar-refractivity contribution in [2.24, 2.45) is 0 Å². The van der Waals surface area contributed by atoms with Crippen LogP contribution in [0.2, 0.25) is 0 Å². The second-order valence-electron chi connectivity index (χ2n) is 25.0. The molecule has 14 nitrogen and oxygen atoms in total. The molecule has 9 N–H and O–H groups in total. The number of aliphatic hydroxyl groups is 8. The zero-order chi connectivity index (χ0) is 61.6. The second kappa shape index (κ2) is 56.0. The average Bonchev–Trinajstić information content (AvgIpc) is 3.68. The minimum Gasteiger partial charge on any atom is -0.394 e. The van der Waals surface area contributed by atoms with Crippen molar-refractivity contribution >= 4 is 5.91 Å². The largest absolute Gasteiger partial charge is 0.394 e. The number of allylic oxidation sites excluding steroid dienone is 7. The highest BCUT2D eigenvalue weighted by molar-refractivity contribution is 5.76. The van der Waals surface area contributed by atoms with Crippen LogP contribution in [0.4, 0.5) is 0 Å². The lowest BCUT2D eigenvalue weighted by Crippen LogP contribution is -2.65. The molecule has 0 aromatic rings. The summed E-state index contributed by atoms with van der Waals surface area (Å²) in [6.45, 7) is 2.81. The molecule has 0 bridgehead atoms. The Balaban J connectivity index is 1.67. The molecule has 498 valence electrons. The van der Waals surface area contributed by atoms with E-state index in [0.29, 0.717) is 12.8 Å². The third-order valence-electron chi connectivity index (χ3n) is 17.2. The molecule has 2 rings (SSSR count). The van der Waals surface area contributed by atoms with Crippen LogP contribution >= 0.6 is 0 Å². The fourth-order valence-corrected chi connectivity index (χ4v) is 11.6. The van der Waals surface area contributed by atoms with Gasteiger partial charge in [-0.25, -0.2) is 0 Å². The lowest BCUT2D eigenvalue weighted by molar-refractivity contribution is -0.359. The number of amides is 1. The van der Waals surface area contributed by atoms with Crippen LogP contribution in [0.1, 0.15) is 303 Å². The van der Waals surface area contributed by atoms with E-state index < -0.39 is 86.8 Å². The predicted octanol–water partition coefficient (Wildman–Crippen LogP) is 14.3. The first-order valence-corrected chi connectivity index (χ1v) is 35.4. The third-order valence-corrected chi connectivity index (χ3v) is 17.2. The van der Waals surface area contributed by atoms with Crippen LogP contribution in [0.3, 0.4) is 0 Å². The van der Waals surface area contributed by atoms with Gasteiger partial charge in [-0.05, 0) is 70.6 Å². The Hall–Kier alpha value is -2.05. The van der Waals surface area contributed by atoms with E-state index >= 15 is 0 Å². The van der Waals surface area contributed by atoms with Gasteiger partial charge in [-0.15, -0.1) is 0 Å². The van der Waals surface area contributed by atoms with E-state index in [1.807, 2.05) is 6.08 Å². The minimum absolute atomic E-state index is 0.249. The van der Waals surface area contributed by atoms with E-state index in [0.717, 1.165) is 44.9 Å². The molecule has 0 radical (unpaired) electrons. The van der Waals surface area contributed by atoms with Crippen molar-refractivity contribution in [1.82, 2.24) is 5.32 Å². The molecule has 2 saturated heterocycles. The Morgan fingerprint density at radius 1 is 0.412 bits per heavy atom. The van der Waals surface area contributed by atoms with E-state index in [1.54, 1.807) is 6.08 Å². The number of nitrogens with one attached hydrogen (secondary N) is 1. The van der Waals surface area contributed by atoms with Gasteiger partial charge in [0.2, 0.25) is 5.91 Å². The molecule has 2 aliphatic rings. The quantitative estimate of drug-likeness (QED) is 0.0204. The molecule has 0 aromatic heterocycles. The number of ether oxygens (including phenoxy) is 4. The minimum atomic E-state index is -1.79. The molecule has 85 heavy (non-hydrogen) atoms. The molecule has 0 aromatic carbocycles. The van der Waals surface area contributed by atoms with E-state index in [2.05, 4.69) is 55.6 Å². The summed E-state index contributed by atoms with van der Waals surface area (Å²) in [7, 11) is 0. The third kappa shape index (κ3) is 40.3. The fraction of sp³-hybridized carbons (Fsp3) is 0.873. The zero-order valence-corrected chi connectivity index (χ0v) is 54.1. The summed E-state index contributed by atoms with van der Waals surface area (Å²) in [6.07, 6.45) is 56.0. The van der Waals surface area contributed by atoms with Crippen molar-refractivity contribution < 1.29 is 64.6 Å². The number of hydrogen-bond acceptors (Lipinski definition) is 13. The van der Waals surface area contributed by atoms with Gasteiger partial charge < -0.3 is 65.1 Å². The highest BCUT2D eigenvalue weighted by Crippen LogP contribution is 2.30. The number of carbonyl (C=O) groups excluding carboxylic acids is 1. The summed E-state index contributed by atoms with van der Waals surface area (Å²) < 4.78 is 22.8. The van der Waals surface area contributed by atoms with Crippen molar-refractivity contribution in [2.75, 3.05) is 19.8 Å². The van der Waals surface area contributed by atoms with Crippen LogP contribution in [0.25, 0.3) is 0 Å². The van der Waals surface area contributed by atoms with Gasteiger partial charge in [-0.3, -0.25) is 4.79 Å². The summed E-state index contributed by atoms with van der Waals surface area (Å²) in [4.78, 5) is 13.3. The molecule has 2 heterocycles. The molecule has 12 unspecified atom stereocenters. The van der Waals surface area contributed by atoms with Gasteiger partial charge >= 0.3 is 0 Å². The summed E-state index contributed by atoms with van der Waals surface area (Å²) in [5, 5.41) is 87.3. The molecule has 12 atom stereocenters. The lowest BCUT2D eigenvalue weighted by Gasteiger charge is -2.46. The van der Waals surface area contributed by atoms with E-state index in [1.165, 1.54) is 225 Å². The van der Waals surface area contributed by atoms with Gasteiger partial charge in [0.15, 0.2) is 12.6 Å². The molecular weight excluding hydrogens is 1070 g/mol. The summed E-state index contributed by atoms with van der Waals surface area (Å²) in [5.41, 5.74) is 0. The van der Waals surface area contributed by atoms with E-state index in [9.17, 15) is 45.6 Å². The second-order valence-corrected chi connectivity index (χ2v) is 25.0. The monoisotopic (exact) mass is 1210 g/mol. The molecule has 0 saturated carbocycles. The highest BCUT2D eigenvalue weighted by atomic mass is 16.7. The van der Waals surface area contributed by atoms with Crippen molar-refractivity contribution in [3.05, 3.63) is 48.6 Å². The molecule has 1 amide bonds. The van der Waals surface area contributed by atoms with Crippen LogP contribution in [0.5, 0.6) is 0 Å². The maximum Gasteiger partial charge on any atom is 0.220 e. The van der Waals surface area contributed by atoms with Gasteiger partial charge in [0, 0.05) is 6.42 Å². The molecule has 0 spiro atoms. The first kappa shape index (κ1) is 79.0. The number of aliphatic hydroxyl groups excluding tert-OH is 8. The topological polar surface area (TPSA) is 228 Å². The first-order chi connectivity index (χ1) is 41.6. The average molecular weight is 1210 g/mol. The van der Waals surface area contributed by atoms with Crippen LogP contribution in [-0.4, -0.2) is 140 Å². The SMILES string of the molecule is CCCCCCCCCC/C=C\CCCCCCCCCCCCCCCCCCCCCC(=O)NC(COC1OC(CO)C(OC2OC(CO)C(O)C(O)C2O)C(O)C1O)C(O)/C=C/CC/C=C/CC/C=C/CCCCCCCCCCCC. The number of unbranched alkanes of at least 4 members (excludes halogenated alkanes) is 39. The molecular formula is C71H131NO13. The maximum atomic E-state index is 13.3. The van der Waals surface area contributed by atoms with Crippen molar-refractivity contribution in [1.29, 1.82) is 0 Å². The van der Waals surface area contributed by atoms with Crippen LogP contribution in [0, 0.1) is 0 Å². The summed E-state index contributed by atoms with van der Waals surface area (Å²) in [5.74, 6) is -0.249. The maximum absolute atomic E-state index is 13.3. The van der Waals surface area contributed by atoms with Crippen LogP contribution in [-0.2, 0) is 23.7 Å². The van der Waals surface area contributed by atoms with Gasteiger partial charge in [0.1, 0.15) is 48.8 Å². The van der Waals surface area contributed by atoms with Crippen molar-refractivity contribution in [3.8, 4) is 0 Å².